The maximum atomic E-state index is 13.8. The molecule has 0 bridgehead atoms. The van der Waals surface area contributed by atoms with E-state index in [1.807, 2.05) is 30.3 Å². The minimum absolute atomic E-state index is 0.0214. The van der Waals surface area contributed by atoms with Crippen molar-refractivity contribution in [2.24, 2.45) is 5.92 Å². The number of rotatable bonds is 9. The molecule has 2 amide bonds. The molecule has 2 aromatic carbocycles. The number of hydrogen-bond acceptors (Lipinski definition) is 8. The molecule has 7 N–H and O–H groups in total. The second-order valence-corrected chi connectivity index (χ2v) is 11.2. The van der Waals surface area contributed by atoms with Gasteiger partial charge in [-0.3, -0.25) is 19.7 Å². The number of amides is 2. The molecule has 1 atom stereocenters. The van der Waals surface area contributed by atoms with Gasteiger partial charge in [0.05, 0.1) is 18.0 Å². The Hall–Kier alpha value is -4.66. The topological polar surface area (TPSA) is 197 Å². The van der Waals surface area contributed by atoms with Gasteiger partial charge in [0.25, 0.3) is 0 Å². The van der Waals surface area contributed by atoms with E-state index in [0.29, 0.717) is 29.6 Å². The van der Waals surface area contributed by atoms with Gasteiger partial charge in [-0.1, -0.05) is 54.8 Å². The zero-order valence-corrected chi connectivity index (χ0v) is 24.2. The van der Waals surface area contributed by atoms with Gasteiger partial charge in [0.2, 0.25) is 11.8 Å². The van der Waals surface area contributed by atoms with Gasteiger partial charge in [-0.25, -0.2) is 4.79 Å². The highest BCUT2D eigenvalue weighted by Crippen LogP contribution is 2.32. The van der Waals surface area contributed by atoms with Crippen molar-refractivity contribution in [1.82, 2.24) is 21.1 Å². The molecule has 1 aromatic heterocycles. The Morgan fingerprint density at radius 2 is 1.64 bits per heavy atom. The van der Waals surface area contributed by atoms with Crippen LogP contribution >= 0.6 is 0 Å². The van der Waals surface area contributed by atoms with Crippen molar-refractivity contribution in [1.29, 1.82) is 0 Å². The summed E-state index contributed by atoms with van der Waals surface area (Å²) in [6.07, 6.45) is 0.432. The average molecular weight is 634 g/mol. The minimum atomic E-state index is -5.08. The molecular formula is C30H34F3N5O7. The van der Waals surface area contributed by atoms with Gasteiger partial charge < -0.3 is 31.1 Å². The lowest BCUT2D eigenvalue weighted by molar-refractivity contribution is -0.192. The van der Waals surface area contributed by atoms with E-state index >= 15 is 0 Å². The number of anilines is 1. The van der Waals surface area contributed by atoms with E-state index < -0.39 is 29.7 Å². The fourth-order valence-corrected chi connectivity index (χ4v) is 5.84. The first-order valence-corrected chi connectivity index (χ1v) is 14.4. The van der Waals surface area contributed by atoms with E-state index in [9.17, 15) is 32.7 Å². The van der Waals surface area contributed by atoms with Crippen LogP contribution in [0, 0.1) is 5.92 Å². The van der Waals surface area contributed by atoms with Crippen LogP contribution in [0.3, 0.4) is 0 Å². The Bertz CT molecular complexity index is 1530. The first-order chi connectivity index (χ1) is 21.3. The standard InChI is InChI=1S/C28H33N5O5.C2HF3O2/c29-25-21-11-10-17(12-22(21)38-33-25)15-31-27(37)28(13-19-8-4-5-9-20(19)14-28)32-26(36)24(30-16-23(34)35)18-6-2-1-3-7-18;3-2(4,5)1(6)7/h4-5,8-12,18,24,30H,1-3,6-7,13-16H2,(H2,29,33)(H,31,37)(H,32,36)(H,34,35);(H,6,7)/t24-;/m1./s1. The summed E-state index contributed by atoms with van der Waals surface area (Å²) in [6.45, 7) is -0.0880. The van der Waals surface area contributed by atoms with E-state index in [1.165, 1.54) is 0 Å². The van der Waals surface area contributed by atoms with Crippen molar-refractivity contribution in [2.75, 3.05) is 12.3 Å². The molecule has 0 aliphatic heterocycles. The summed E-state index contributed by atoms with van der Waals surface area (Å²) in [5.41, 5.74) is 7.98. The number of fused-ring (bicyclic) bond motifs is 2. The summed E-state index contributed by atoms with van der Waals surface area (Å²) in [4.78, 5) is 47.7. The molecular weight excluding hydrogens is 599 g/mol. The molecule has 0 radical (unpaired) electrons. The van der Waals surface area contributed by atoms with E-state index in [1.54, 1.807) is 12.1 Å². The largest absolute Gasteiger partial charge is 0.490 e. The van der Waals surface area contributed by atoms with Crippen molar-refractivity contribution >= 4 is 40.5 Å². The number of carbonyl (C=O) groups excluding carboxylic acids is 2. The van der Waals surface area contributed by atoms with Gasteiger partial charge in [-0.2, -0.15) is 13.2 Å². The van der Waals surface area contributed by atoms with E-state index in [2.05, 4.69) is 21.1 Å². The summed E-state index contributed by atoms with van der Waals surface area (Å²) in [5, 5.41) is 29.9. The Kier molecular flexibility index (Phi) is 10.3. The number of halogens is 3. The van der Waals surface area contributed by atoms with Crippen molar-refractivity contribution in [3.05, 3.63) is 59.2 Å². The fourth-order valence-electron chi connectivity index (χ4n) is 5.84. The summed E-state index contributed by atoms with van der Waals surface area (Å²) >= 11 is 0. The van der Waals surface area contributed by atoms with E-state index in [-0.39, 0.29) is 30.8 Å². The number of benzene rings is 2. The number of nitrogen functional groups attached to an aromatic ring is 1. The monoisotopic (exact) mass is 633 g/mol. The third-order valence-electron chi connectivity index (χ3n) is 8.04. The number of aliphatic carboxylic acids is 2. The van der Waals surface area contributed by atoms with Crippen molar-refractivity contribution in [2.45, 2.75) is 69.2 Å². The summed E-state index contributed by atoms with van der Waals surface area (Å²) in [5.74, 6) is -4.07. The molecule has 12 nitrogen and oxygen atoms in total. The lowest BCUT2D eigenvalue weighted by Crippen LogP contribution is -2.63. The number of nitrogens with one attached hydrogen (secondary N) is 3. The van der Waals surface area contributed by atoms with Crippen LogP contribution in [0.15, 0.2) is 47.0 Å². The normalized spacial score (nSPS) is 16.6. The first kappa shape index (κ1) is 33.2. The molecule has 0 spiro atoms. The number of carboxylic acids is 2. The van der Waals surface area contributed by atoms with Crippen LogP contribution in [0.25, 0.3) is 11.0 Å². The molecule has 242 valence electrons. The Balaban J connectivity index is 0.000000591. The third-order valence-corrected chi connectivity index (χ3v) is 8.04. The average Bonchev–Trinajstić information content (AvgIpc) is 3.56. The Morgan fingerprint density at radius 3 is 2.22 bits per heavy atom. The molecule has 1 saturated carbocycles. The van der Waals surface area contributed by atoms with Crippen LogP contribution in [0.2, 0.25) is 0 Å². The molecule has 5 rings (SSSR count). The van der Waals surface area contributed by atoms with Crippen LogP contribution in [0.4, 0.5) is 19.0 Å². The zero-order chi connectivity index (χ0) is 32.8. The summed E-state index contributed by atoms with van der Waals surface area (Å²) in [7, 11) is 0. The number of carboxylic acid groups (broad SMARTS) is 2. The number of hydrogen-bond donors (Lipinski definition) is 6. The number of aromatic nitrogens is 1. The Labute approximate surface area is 255 Å². The lowest BCUT2D eigenvalue weighted by Gasteiger charge is -2.35. The molecule has 45 heavy (non-hydrogen) atoms. The highest BCUT2D eigenvalue weighted by molar-refractivity contribution is 5.95. The SMILES string of the molecule is Nc1noc2cc(CNC(=O)C3(NC(=O)[C@H](NCC(=O)O)C4CCCCC4)Cc4ccccc4C3)ccc12.O=C(O)C(F)(F)F. The second-order valence-electron chi connectivity index (χ2n) is 11.2. The molecule has 2 aliphatic rings. The third kappa shape index (κ3) is 8.29. The molecule has 1 heterocycles. The van der Waals surface area contributed by atoms with Crippen LogP contribution < -0.4 is 21.7 Å². The fraction of sp³-hybridized carbons (Fsp3) is 0.433. The zero-order valence-electron chi connectivity index (χ0n) is 24.2. The van der Waals surface area contributed by atoms with Crippen molar-refractivity contribution < 1.29 is 47.1 Å². The van der Waals surface area contributed by atoms with Gasteiger partial charge in [-0.15, -0.1) is 0 Å². The Morgan fingerprint density at radius 1 is 1.02 bits per heavy atom. The first-order valence-electron chi connectivity index (χ1n) is 14.4. The van der Waals surface area contributed by atoms with Gasteiger partial charge in [0.1, 0.15) is 5.54 Å². The predicted octanol–water partition coefficient (Wildman–Crippen LogP) is 2.94. The molecule has 15 heteroatoms. The lowest BCUT2D eigenvalue weighted by atomic mass is 9.82. The molecule has 2 aliphatic carbocycles. The molecule has 0 unspecified atom stereocenters. The highest BCUT2D eigenvalue weighted by Gasteiger charge is 2.46. The number of alkyl halides is 3. The number of nitrogens with two attached hydrogens (primary N) is 1. The van der Waals surface area contributed by atoms with Crippen LogP contribution in [0.5, 0.6) is 0 Å². The number of carbonyl (C=O) groups is 4. The molecule has 3 aromatic rings. The predicted molar refractivity (Wildman–Crippen MR) is 155 cm³/mol. The van der Waals surface area contributed by atoms with E-state index in [4.69, 9.17) is 20.2 Å². The van der Waals surface area contributed by atoms with Crippen LogP contribution in [-0.4, -0.2) is 63.4 Å². The van der Waals surface area contributed by atoms with Crippen molar-refractivity contribution in [3.8, 4) is 0 Å². The quantitative estimate of drug-likeness (QED) is 0.204. The van der Waals surface area contributed by atoms with Gasteiger partial charge in [0, 0.05) is 19.4 Å². The maximum Gasteiger partial charge on any atom is 0.490 e. The smallest absolute Gasteiger partial charge is 0.480 e. The molecule has 0 saturated heterocycles. The molecule has 1 fully saturated rings. The van der Waals surface area contributed by atoms with Gasteiger partial charge in [-0.05, 0) is 47.6 Å². The second kappa shape index (κ2) is 14.0. The van der Waals surface area contributed by atoms with E-state index in [0.717, 1.165) is 48.8 Å². The van der Waals surface area contributed by atoms with Gasteiger partial charge in [0.15, 0.2) is 11.4 Å². The summed E-state index contributed by atoms with van der Waals surface area (Å²) in [6, 6.07) is 12.5. The minimum Gasteiger partial charge on any atom is -0.480 e. The van der Waals surface area contributed by atoms with Gasteiger partial charge >= 0.3 is 18.1 Å². The maximum absolute atomic E-state index is 13.8. The van der Waals surface area contributed by atoms with Crippen LogP contribution in [0.1, 0.15) is 48.8 Å². The summed E-state index contributed by atoms with van der Waals surface area (Å²) < 4.78 is 37.0. The highest BCUT2D eigenvalue weighted by atomic mass is 19.4. The van der Waals surface area contributed by atoms with Crippen molar-refractivity contribution in [3.63, 3.8) is 0 Å². The number of nitrogens with zero attached hydrogens (tertiary/aromatic N) is 1. The van der Waals surface area contributed by atoms with Crippen LogP contribution in [-0.2, 0) is 38.6 Å².